The first-order chi connectivity index (χ1) is 7.10. The number of halogens is 2. The first kappa shape index (κ1) is 11.9. The van der Waals surface area contributed by atoms with Gasteiger partial charge in [0.1, 0.15) is 5.75 Å². The van der Waals surface area contributed by atoms with Crippen LogP contribution in [0.5, 0.6) is 5.75 Å². The molecule has 0 aliphatic rings. The number of methoxy groups -OCH3 is 1. The van der Waals surface area contributed by atoms with Crippen LogP contribution in [0.15, 0.2) is 18.2 Å². The molecule has 0 saturated carbocycles. The second-order valence-corrected chi connectivity index (χ2v) is 3.32. The van der Waals surface area contributed by atoms with Crippen molar-refractivity contribution in [3.05, 3.63) is 29.3 Å². The van der Waals surface area contributed by atoms with Crippen LogP contribution in [-0.4, -0.2) is 20.6 Å². The van der Waals surface area contributed by atoms with Gasteiger partial charge in [0.2, 0.25) is 0 Å². The lowest BCUT2D eigenvalue weighted by molar-refractivity contribution is 0.102. The van der Waals surface area contributed by atoms with Gasteiger partial charge in [-0.25, -0.2) is 8.78 Å². The van der Waals surface area contributed by atoms with Crippen LogP contribution in [0.4, 0.5) is 8.78 Å². The SMILES string of the molecule is CNC(c1ccc(OC)cc1C)C(F)F. The Balaban J connectivity index is 3.03. The molecule has 0 fully saturated rings. The maximum absolute atomic E-state index is 12.7. The van der Waals surface area contributed by atoms with E-state index in [0.29, 0.717) is 11.3 Å². The van der Waals surface area contributed by atoms with Gasteiger partial charge in [-0.2, -0.15) is 0 Å². The summed E-state index contributed by atoms with van der Waals surface area (Å²) in [6.07, 6.45) is -2.41. The van der Waals surface area contributed by atoms with E-state index in [-0.39, 0.29) is 0 Å². The van der Waals surface area contributed by atoms with Gasteiger partial charge in [0.25, 0.3) is 6.43 Å². The molecule has 0 aliphatic carbocycles. The van der Waals surface area contributed by atoms with E-state index in [1.165, 1.54) is 7.05 Å². The zero-order valence-electron chi connectivity index (χ0n) is 9.05. The number of rotatable bonds is 4. The number of benzene rings is 1. The lowest BCUT2D eigenvalue weighted by Gasteiger charge is -2.18. The molecule has 84 valence electrons. The van der Waals surface area contributed by atoms with Gasteiger partial charge in [-0.1, -0.05) is 6.07 Å². The van der Waals surface area contributed by atoms with Crippen LogP contribution in [0, 0.1) is 6.92 Å². The highest BCUT2D eigenvalue weighted by Crippen LogP contribution is 2.26. The van der Waals surface area contributed by atoms with Crippen LogP contribution in [0.25, 0.3) is 0 Å². The third-order valence-corrected chi connectivity index (χ3v) is 2.38. The molecule has 0 aromatic heterocycles. The van der Waals surface area contributed by atoms with Gasteiger partial charge in [-0.3, -0.25) is 0 Å². The minimum absolute atomic E-state index is 0.605. The highest BCUT2D eigenvalue weighted by Gasteiger charge is 2.21. The Bertz CT molecular complexity index is 328. The number of aryl methyl sites for hydroxylation is 1. The van der Waals surface area contributed by atoms with Gasteiger partial charge >= 0.3 is 0 Å². The van der Waals surface area contributed by atoms with Crippen LogP contribution in [-0.2, 0) is 0 Å². The Morgan fingerprint density at radius 1 is 1.33 bits per heavy atom. The van der Waals surface area contributed by atoms with Crippen molar-refractivity contribution in [2.75, 3.05) is 14.2 Å². The summed E-state index contributed by atoms with van der Waals surface area (Å²) in [4.78, 5) is 0. The molecule has 1 N–H and O–H groups in total. The number of hydrogen-bond donors (Lipinski definition) is 1. The molecule has 0 radical (unpaired) electrons. The number of ether oxygens (including phenoxy) is 1. The summed E-state index contributed by atoms with van der Waals surface area (Å²) in [5, 5.41) is 2.61. The molecule has 2 nitrogen and oxygen atoms in total. The van der Waals surface area contributed by atoms with Crippen molar-refractivity contribution in [2.24, 2.45) is 0 Å². The smallest absolute Gasteiger partial charge is 0.257 e. The van der Waals surface area contributed by atoms with Crippen LogP contribution in [0.1, 0.15) is 17.2 Å². The molecule has 0 heterocycles. The van der Waals surface area contributed by atoms with Crippen molar-refractivity contribution in [3.63, 3.8) is 0 Å². The second-order valence-electron chi connectivity index (χ2n) is 3.32. The van der Waals surface area contributed by atoms with Crippen LogP contribution >= 0.6 is 0 Å². The highest BCUT2D eigenvalue weighted by molar-refractivity contribution is 5.36. The van der Waals surface area contributed by atoms with Crippen molar-refractivity contribution in [2.45, 2.75) is 19.4 Å². The van der Waals surface area contributed by atoms with E-state index in [9.17, 15) is 8.78 Å². The van der Waals surface area contributed by atoms with Gasteiger partial charge in [-0.05, 0) is 37.2 Å². The molecule has 0 bridgehead atoms. The fraction of sp³-hybridized carbons (Fsp3) is 0.455. The van der Waals surface area contributed by atoms with Gasteiger partial charge in [0, 0.05) is 0 Å². The normalized spacial score (nSPS) is 12.9. The minimum Gasteiger partial charge on any atom is -0.497 e. The van der Waals surface area contributed by atoms with Crippen molar-refractivity contribution >= 4 is 0 Å². The molecule has 0 amide bonds. The molecule has 1 rings (SSSR count). The molecular formula is C11H15F2NO. The molecule has 1 atom stereocenters. The quantitative estimate of drug-likeness (QED) is 0.833. The molecule has 1 aromatic rings. The summed E-state index contributed by atoms with van der Waals surface area (Å²) in [5.74, 6) is 0.681. The maximum Gasteiger partial charge on any atom is 0.257 e. The summed E-state index contributed by atoms with van der Waals surface area (Å²) in [6.45, 7) is 1.80. The zero-order valence-corrected chi connectivity index (χ0v) is 9.05. The molecule has 1 aromatic carbocycles. The lowest BCUT2D eigenvalue weighted by atomic mass is 10.0. The third kappa shape index (κ3) is 2.65. The number of nitrogens with one attached hydrogen (secondary N) is 1. The zero-order chi connectivity index (χ0) is 11.4. The molecule has 1 unspecified atom stereocenters. The summed E-state index contributed by atoms with van der Waals surface area (Å²) in [7, 11) is 3.08. The molecule has 0 aliphatic heterocycles. The Morgan fingerprint density at radius 2 is 2.00 bits per heavy atom. The van der Waals surface area contributed by atoms with E-state index < -0.39 is 12.5 Å². The van der Waals surface area contributed by atoms with Crippen LogP contribution < -0.4 is 10.1 Å². The van der Waals surface area contributed by atoms with E-state index in [1.54, 1.807) is 32.2 Å². The van der Waals surface area contributed by atoms with Gasteiger partial charge in [-0.15, -0.1) is 0 Å². The fourth-order valence-electron chi connectivity index (χ4n) is 1.54. The van der Waals surface area contributed by atoms with Crippen molar-refractivity contribution in [1.82, 2.24) is 5.32 Å². The maximum atomic E-state index is 12.7. The topological polar surface area (TPSA) is 21.3 Å². The van der Waals surface area contributed by atoms with Crippen molar-refractivity contribution in [3.8, 4) is 5.75 Å². The highest BCUT2D eigenvalue weighted by atomic mass is 19.3. The summed E-state index contributed by atoms with van der Waals surface area (Å²) < 4.78 is 30.3. The average molecular weight is 215 g/mol. The van der Waals surface area contributed by atoms with E-state index in [0.717, 1.165) is 5.56 Å². The number of hydrogen-bond acceptors (Lipinski definition) is 2. The average Bonchev–Trinajstić information content (AvgIpc) is 2.20. The predicted molar refractivity (Wildman–Crippen MR) is 55.5 cm³/mol. The molecule has 15 heavy (non-hydrogen) atoms. The summed E-state index contributed by atoms with van der Waals surface area (Å²) in [5.41, 5.74) is 1.40. The summed E-state index contributed by atoms with van der Waals surface area (Å²) >= 11 is 0. The second kappa shape index (κ2) is 5.07. The monoisotopic (exact) mass is 215 g/mol. The van der Waals surface area contributed by atoms with E-state index in [4.69, 9.17) is 4.74 Å². The van der Waals surface area contributed by atoms with Crippen molar-refractivity contribution < 1.29 is 13.5 Å². The lowest BCUT2D eigenvalue weighted by Crippen LogP contribution is -2.24. The first-order valence-corrected chi connectivity index (χ1v) is 4.70. The Kier molecular flexibility index (Phi) is 4.03. The predicted octanol–water partition coefficient (Wildman–Crippen LogP) is 2.53. The third-order valence-electron chi connectivity index (χ3n) is 2.38. The summed E-state index contributed by atoms with van der Waals surface area (Å²) in [6, 6.07) is 4.19. The first-order valence-electron chi connectivity index (χ1n) is 4.70. The van der Waals surface area contributed by atoms with E-state index in [2.05, 4.69) is 5.32 Å². The Hall–Kier alpha value is -1.16. The van der Waals surface area contributed by atoms with Crippen LogP contribution in [0.3, 0.4) is 0 Å². The van der Waals surface area contributed by atoms with Crippen molar-refractivity contribution in [1.29, 1.82) is 0 Å². The van der Waals surface area contributed by atoms with Gasteiger partial charge < -0.3 is 10.1 Å². The number of alkyl halides is 2. The molecule has 0 spiro atoms. The van der Waals surface area contributed by atoms with Gasteiger partial charge in [0.15, 0.2) is 0 Å². The van der Waals surface area contributed by atoms with E-state index >= 15 is 0 Å². The Morgan fingerprint density at radius 3 is 2.40 bits per heavy atom. The molecule has 0 saturated heterocycles. The van der Waals surface area contributed by atoms with Gasteiger partial charge in [0.05, 0.1) is 13.2 Å². The minimum atomic E-state index is -2.41. The fourth-order valence-corrected chi connectivity index (χ4v) is 1.54. The van der Waals surface area contributed by atoms with E-state index in [1.807, 2.05) is 0 Å². The Labute approximate surface area is 88.3 Å². The standard InChI is InChI=1S/C11H15F2NO/c1-7-6-8(15-3)4-5-9(7)10(14-2)11(12)13/h4-6,10-11,14H,1-3H3. The molecular weight excluding hydrogens is 200 g/mol. The largest absolute Gasteiger partial charge is 0.497 e. The van der Waals surface area contributed by atoms with Crippen LogP contribution in [0.2, 0.25) is 0 Å². The molecule has 4 heteroatoms.